The minimum absolute atomic E-state index is 0.684. The third kappa shape index (κ3) is 5.33. The molecule has 3 nitrogen and oxygen atoms in total. The zero-order valence-electron chi connectivity index (χ0n) is 10.2. The third-order valence-corrected chi connectivity index (χ3v) is 2.25. The van der Waals surface area contributed by atoms with Crippen molar-refractivity contribution in [3.05, 3.63) is 23.8 Å². The molecule has 0 saturated carbocycles. The van der Waals surface area contributed by atoms with Gasteiger partial charge in [-0.05, 0) is 19.1 Å². The summed E-state index contributed by atoms with van der Waals surface area (Å²) in [6, 6.07) is 2.18. The van der Waals surface area contributed by atoms with Crippen LogP contribution in [-0.2, 0) is 0 Å². The number of ether oxygens (including phenoxy) is 2. The second kappa shape index (κ2) is 6.00. The van der Waals surface area contributed by atoms with E-state index in [2.05, 4.69) is 9.47 Å². The van der Waals surface area contributed by atoms with Crippen LogP contribution in [0.4, 0.5) is 26.3 Å². The highest BCUT2D eigenvalue weighted by molar-refractivity contribution is 6.34. The van der Waals surface area contributed by atoms with Crippen molar-refractivity contribution in [2.75, 3.05) is 0 Å². The fourth-order valence-corrected chi connectivity index (χ4v) is 1.48. The minimum Gasteiger partial charge on any atom is -0.405 e. The molecule has 0 bridgehead atoms. The van der Waals surface area contributed by atoms with Gasteiger partial charge in [0.15, 0.2) is 5.78 Å². The van der Waals surface area contributed by atoms with Gasteiger partial charge < -0.3 is 9.47 Å². The highest BCUT2D eigenvalue weighted by atomic mass is 35.5. The molecule has 21 heavy (non-hydrogen) atoms. The highest BCUT2D eigenvalue weighted by Gasteiger charge is 2.37. The van der Waals surface area contributed by atoms with Gasteiger partial charge in [0.05, 0.1) is 5.38 Å². The average molecular weight is 337 g/mol. The molecule has 1 aromatic carbocycles. The third-order valence-electron chi connectivity index (χ3n) is 2.05. The number of halogens is 7. The molecule has 0 aliphatic carbocycles. The summed E-state index contributed by atoms with van der Waals surface area (Å²) >= 11 is 5.43. The summed E-state index contributed by atoms with van der Waals surface area (Å²) in [6.07, 6.45) is -10.4. The fourth-order valence-electron chi connectivity index (χ4n) is 1.37. The number of carbonyl (C=O) groups is 1. The lowest BCUT2D eigenvalue weighted by molar-refractivity contribution is -0.276. The van der Waals surface area contributed by atoms with Crippen molar-refractivity contribution in [2.45, 2.75) is 25.0 Å². The maximum absolute atomic E-state index is 12.2. The maximum atomic E-state index is 12.2. The molecule has 0 saturated heterocycles. The molecule has 0 aliphatic rings. The SMILES string of the molecule is CC(Cl)C(=O)c1c(OC(F)(F)F)cccc1OC(F)(F)F. The summed E-state index contributed by atoms with van der Waals surface area (Å²) in [4.78, 5) is 11.7. The molecule has 0 aliphatic heterocycles. The van der Waals surface area contributed by atoms with Gasteiger partial charge in [0, 0.05) is 0 Å². The lowest BCUT2D eigenvalue weighted by atomic mass is 10.1. The summed E-state index contributed by atoms with van der Waals surface area (Å²) in [5.41, 5.74) is -1.03. The number of alkyl halides is 7. The molecule has 1 rings (SSSR count). The van der Waals surface area contributed by atoms with Crippen molar-refractivity contribution >= 4 is 17.4 Å². The molecule has 0 fully saturated rings. The van der Waals surface area contributed by atoms with Crippen molar-refractivity contribution in [3.63, 3.8) is 0 Å². The molecule has 118 valence electrons. The standard InChI is InChI=1S/C11H7ClF6O3/c1-5(12)9(19)8-6(20-10(13,14)15)3-2-4-7(8)21-11(16,17)18/h2-5H,1H3. The first-order chi connectivity index (χ1) is 9.41. The van der Waals surface area contributed by atoms with Crippen molar-refractivity contribution in [1.82, 2.24) is 0 Å². The van der Waals surface area contributed by atoms with E-state index in [1.165, 1.54) is 0 Å². The van der Waals surface area contributed by atoms with E-state index in [-0.39, 0.29) is 0 Å². The van der Waals surface area contributed by atoms with E-state index in [0.717, 1.165) is 13.0 Å². The first kappa shape index (κ1) is 17.4. The maximum Gasteiger partial charge on any atom is 0.573 e. The van der Waals surface area contributed by atoms with Gasteiger partial charge in [-0.3, -0.25) is 4.79 Å². The number of ketones is 1. The molecule has 0 amide bonds. The number of hydrogen-bond acceptors (Lipinski definition) is 3. The zero-order chi connectivity index (χ0) is 16.4. The van der Waals surface area contributed by atoms with Crippen LogP contribution in [0.25, 0.3) is 0 Å². The van der Waals surface area contributed by atoms with Gasteiger partial charge in [-0.2, -0.15) is 0 Å². The Kier molecular flexibility index (Phi) is 4.98. The van der Waals surface area contributed by atoms with Crippen LogP contribution in [0.5, 0.6) is 11.5 Å². The highest BCUT2D eigenvalue weighted by Crippen LogP contribution is 2.36. The normalized spacial score (nSPS) is 13.7. The molecule has 0 N–H and O–H groups in total. The largest absolute Gasteiger partial charge is 0.573 e. The van der Waals surface area contributed by atoms with Gasteiger partial charge >= 0.3 is 12.7 Å². The minimum atomic E-state index is -5.19. The average Bonchev–Trinajstić information content (AvgIpc) is 2.23. The number of benzene rings is 1. The quantitative estimate of drug-likeness (QED) is 0.467. The Balaban J connectivity index is 3.37. The van der Waals surface area contributed by atoms with E-state index in [9.17, 15) is 31.1 Å². The monoisotopic (exact) mass is 336 g/mol. The topological polar surface area (TPSA) is 35.5 Å². The fraction of sp³-hybridized carbons (Fsp3) is 0.364. The molecular weight excluding hydrogens is 330 g/mol. The molecule has 0 radical (unpaired) electrons. The summed E-state index contributed by atoms with van der Waals surface area (Å²) in [5, 5.41) is -1.38. The van der Waals surface area contributed by atoms with Gasteiger partial charge in [-0.25, -0.2) is 0 Å². The van der Waals surface area contributed by atoms with E-state index in [1.807, 2.05) is 0 Å². The molecule has 1 unspecified atom stereocenters. The Morgan fingerprint density at radius 1 is 1.05 bits per heavy atom. The first-order valence-electron chi connectivity index (χ1n) is 5.23. The van der Waals surface area contributed by atoms with Gasteiger partial charge in [-0.1, -0.05) is 6.07 Å². The van der Waals surface area contributed by atoms with Crippen molar-refractivity contribution < 1.29 is 40.6 Å². The molecule has 10 heteroatoms. The molecule has 1 atom stereocenters. The van der Waals surface area contributed by atoms with Crippen LogP contribution in [0, 0.1) is 0 Å². The van der Waals surface area contributed by atoms with Crippen LogP contribution >= 0.6 is 11.6 Å². The van der Waals surface area contributed by atoms with Crippen molar-refractivity contribution in [2.24, 2.45) is 0 Å². The van der Waals surface area contributed by atoms with Gasteiger partial charge in [0.2, 0.25) is 0 Å². The van der Waals surface area contributed by atoms with Gasteiger partial charge in [0.25, 0.3) is 0 Å². The van der Waals surface area contributed by atoms with Crippen molar-refractivity contribution in [3.8, 4) is 11.5 Å². The predicted molar refractivity (Wildman–Crippen MR) is 59.5 cm³/mol. The van der Waals surface area contributed by atoms with Crippen LogP contribution in [0.2, 0.25) is 0 Å². The van der Waals surface area contributed by atoms with E-state index in [0.29, 0.717) is 12.1 Å². The number of carbonyl (C=O) groups excluding carboxylic acids is 1. The Morgan fingerprint density at radius 2 is 1.43 bits per heavy atom. The van der Waals surface area contributed by atoms with E-state index in [4.69, 9.17) is 11.6 Å². The number of hydrogen-bond donors (Lipinski definition) is 0. The molecule has 0 heterocycles. The molecule has 0 aromatic heterocycles. The Hall–Kier alpha value is -1.64. The Morgan fingerprint density at radius 3 is 1.71 bits per heavy atom. The van der Waals surface area contributed by atoms with E-state index < -0.39 is 40.9 Å². The second-order valence-corrected chi connectivity index (χ2v) is 4.36. The van der Waals surface area contributed by atoms with Gasteiger partial charge in [-0.15, -0.1) is 37.9 Å². The Bertz CT molecular complexity index is 489. The lowest BCUT2D eigenvalue weighted by Gasteiger charge is -2.17. The van der Waals surface area contributed by atoms with Crippen LogP contribution < -0.4 is 9.47 Å². The zero-order valence-corrected chi connectivity index (χ0v) is 10.9. The molecular formula is C11H7ClF6O3. The molecule has 1 aromatic rings. The van der Waals surface area contributed by atoms with Crippen LogP contribution in [0.15, 0.2) is 18.2 Å². The molecule has 0 spiro atoms. The smallest absolute Gasteiger partial charge is 0.405 e. The number of rotatable bonds is 4. The van der Waals surface area contributed by atoms with Crippen molar-refractivity contribution in [1.29, 1.82) is 0 Å². The second-order valence-electron chi connectivity index (χ2n) is 3.71. The van der Waals surface area contributed by atoms with Crippen LogP contribution in [-0.4, -0.2) is 23.9 Å². The first-order valence-corrected chi connectivity index (χ1v) is 5.67. The summed E-state index contributed by atoms with van der Waals surface area (Å²) < 4.78 is 80.4. The Labute approximate surface area is 119 Å². The van der Waals surface area contributed by atoms with Crippen LogP contribution in [0.1, 0.15) is 17.3 Å². The van der Waals surface area contributed by atoms with Gasteiger partial charge in [0.1, 0.15) is 17.1 Å². The van der Waals surface area contributed by atoms with Crippen LogP contribution in [0.3, 0.4) is 0 Å². The predicted octanol–water partition coefficient (Wildman–Crippen LogP) is 4.29. The summed E-state index contributed by atoms with van der Waals surface area (Å²) in [7, 11) is 0. The van der Waals surface area contributed by atoms with E-state index in [1.54, 1.807) is 0 Å². The summed E-state index contributed by atoms with van der Waals surface area (Å²) in [6.45, 7) is 1.09. The van der Waals surface area contributed by atoms with E-state index >= 15 is 0 Å². The summed E-state index contributed by atoms with van der Waals surface area (Å²) in [5.74, 6) is -3.45. The number of Topliss-reactive ketones (excluding diaryl/α,β-unsaturated/α-hetero) is 1. The lowest BCUT2D eigenvalue weighted by Crippen LogP contribution is -2.23.